The Hall–Kier alpha value is -3.08. The Morgan fingerprint density at radius 2 is 1.89 bits per heavy atom. The van der Waals surface area contributed by atoms with Crippen LogP contribution in [0.15, 0.2) is 30.9 Å². The number of halogens is 4. The number of carbonyl (C=O) groups excluding carboxylic acids is 1. The lowest BCUT2D eigenvalue weighted by molar-refractivity contribution is -0.126. The molecule has 180 valence electrons. The van der Waals surface area contributed by atoms with E-state index in [0.717, 1.165) is 11.3 Å². The molecule has 4 aromatic rings. The second-order valence-electron chi connectivity index (χ2n) is 7.82. The normalized spacial score (nSPS) is 14.1. The van der Waals surface area contributed by atoms with Gasteiger partial charge >= 0.3 is 0 Å². The fraction of sp³-hybridized carbons (Fsp3) is 0.217. The molecule has 0 saturated carbocycles. The SMILES string of the molecule is C=CC(=O)N1CCN(c2nc(Cl)nc3c(F)c(-c4ccc(F)c5sc(NC)nc45)c(Cl)cc23)CC1. The number of carbonyl (C=O) groups is 1. The molecule has 0 atom stereocenters. The topological polar surface area (TPSA) is 74.2 Å². The van der Waals surface area contributed by atoms with Crippen molar-refractivity contribution in [2.45, 2.75) is 0 Å². The number of fused-ring (bicyclic) bond motifs is 2. The van der Waals surface area contributed by atoms with E-state index in [-0.39, 0.29) is 32.0 Å². The van der Waals surface area contributed by atoms with Crippen LogP contribution in [0.3, 0.4) is 0 Å². The molecule has 2 aromatic heterocycles. The molecular formula is C23H18Cl2F2N6OS. The number of hydrogen-bond acceptors (Lipinski definition) is 7. The number of amides is 1. The molecule has 0 spiro atoms. The zero-order valence-electron chi connectivity index (χ0n) is 18.4. The van der Waals surface area contributed by atoms with Crippen LogP contribution in [-0.4, -0.2) is 59.0 Å². The second-order valence-corrected chi connectivity index (χ2v) is 9.56. The summed E-state index contributed by atoms with van der Waals surface area (Å²) in [6.45, 7) is 5.36. The summed E-state index contributed by atoms with van der Waals surface area (Å²) in [5.41, 5.74) is 0.684. The van der Waals surface area contributed by atoms with Gasteiger partial charge in [0.15, 0.2) is 10.9 Å². The lowest BCUT2D eigenvalue weighted by Gasteiger charge is -2.35. The number of thiazole rings is 1. The van der Waals surface area contributed by atoms with Gasteiger partial charge in [0.25, 0.3) is 0 Å². The highest BCUT2D eigenvalue weighted by atomic mass is 35.5. The molecule has 1 fully saturated rings. The van der Waals surface area contributed by atoms with Gasteiger partial charge in [-0.1, -0.05) is 29.5 Å². The monoisotopic (exact) mass is 534 g/mol. The van der Waals surface area contributed by atoms with E-state index in [1.807, 2.05) is 4.90 Å². The minimum absolute atomic E-state index is 0.00876. The molecule has 0 aliphatic carbocycles. The quantitative estimate of drug-likeness (QED) is 0.280. The van der Waals surface area contributed by atoms with E-state index < -0.39 is 11.6 Å². The number of nitrogens with zero attached hydrogens (tertiary/aromatic N) is 5. The third-order valence-corrected chi connectivity index (χ3v) is 7.43. The van der Waals surface area contributed by atoms with Crippen LogP contribution in [0.4, 0.5) is 19.7 Å². The summed E-state index contributed by atoms with van der Waals surface area (Å²) in [7, 11) is 1.67. The van der Waals surface area contributed by atoms with Crippen LogP contribution in [0.5, 0.6) is 0 Å². The maximum Gasteiger partial charge on any atom is 0.246 e. The Balaban J connectivity index is 1.65. The Bertz CT molecular complexity index is 1500. The highest BCUT2D eigenvalue weighted by Gasteiger charge is 2.26. The molecule has 0 bridgehead atoms. The van der Waals surface area contributed by atoms with Gasteiger partial charge in [-0.05, 0) is 35.9 Å². The molecule has 0 unspecified atom stereocenters. The minimum atomic E-state index is -0.703. The van der Waals surface area contributed by atoms with E-state index in [2.05, 4.69) is 26.8 Å². The van der Waals surface area contributed by atoms with Crippen molar-refractivity contribution in [3.8, 4) is 11.1 Å². The van der Waals surface area contributed by atoms with Crippen molar-refractivity contribution in [1.82, 2.24) is 19.9 Å². The summed E-state index contributed by atoms with van der Waals surface area (Å²) in [4.78, 5) is 28.4. The van der Waals surface area contributed by atoms with Crippen molar-refractivity contribution in [1.29, 1.82) is 0 Å². The van der Waals surface area contributed by atoms with Crippen molar-refractivity contribution in [3.05, 3.63) is 52.8 Å². The van der Waals surface area contributed by atoms with E-state index in [0.29, 0.717) is 53.6 Å². The predicted molar refractivity (Wildman–Crippen MR) is 137 cm³/mol. The van der Waals surface area contributed by atoms with E-state index >= 15 is 4.39 Å². The predicted octanol–water partition coefficient (Wildman–Crippen LogP) is 5.37. The molecule has 1 N–H and O–H groups in total. The van der Waals surface area contributed by atoms with Crippen molar-refractivity contribution < 1.29 is 13.6 Å². The molecule has 7 nitrogen and oxygen atoms in total. The van der Waals surface area contributed by atoms with Crippen molar-refractivity contribution in [2.75, 3.05) is 43.4 Å². The van der Waals surface area contributed by atoms with Crippen molar-refractivity contribution >= 4 is 72.5 Å². The van der Waals surface area contributed by atoms with Crippen LogP contribution in [0.2, 0.25) is 10.3 Å². The average molecular weight is 535 g/mol. The highest BCUT2D eigenvalue weighted by molar-refractivity contribution is 7.22. The first-order chi connectivity index (χ1) is 16.8. The van der Waals surface area contributed by atoms with Gasteiger partial charge < -0.3 is 15.1 Å². The molecule has 12 heteroatoms. The Morgan fingerprint density at radius 3 is 2.57 bits per heavy atom. The second kappa shape index (κ2) is 9.18. The lowest BCUT2D eigenvalue weighted by atomic mass is 10.0. The summed E-state index contributed by atoms with van der Waals surface area (Å²) >= 11 is 13.9. The number of benzene rings is 2. The summed E-state index contributed by atoms with van der Waals surface area (Å²) in [5, 5.41) is 3.74. The van der Waals surface area contributed by atoms with Crippen molar-refractivity contribution in [3.63, 3.8) is 0 Å². The van der Waals surface area contributed by atoms with Crippen LogP contribution in [0, 0.1) is 11.6 Å². The number of anilines is 2. The maximum absolute atomic E-state index is 16.0. The average Bonchev–Trinajstić information content (AvgIpc) is 3.31. The number of piperazine rings is 1. The molecular weight excluding hydrogens is 517 g/mol. The molecule has 5 rings (SSSR count). The Labute approximate surface area is 213 Å². The van der Waals surface area contributed by atoms with Crippen LogP contribution < -0.4 is 10.2 Å². The first kappa shape index (κ1) is 23.7. The smallest absolute Gasteiger partial charge is 0.246 e. The van der Waals surface area contributed by atoms with Gasteiger partial charge in [0.1, 0.15) is 17.2 Å². The summed E-state index contributed by atoms with van der Waals surface area (Å²) < 4.78 is 30.8. The molecule has 3 heterocycles. The van der Waals surface area contributed by atoms with Gasteiger partial charge in [-0.25, -0.2) is 18.7 Å². The number of nitrogens with one attached hydrogen (secondary N) is 1. The Kier molecular flexibility index (Phi) is 6.20. The summed E-state index contributed by atoms with van der Waals surface area (Å²) in [6, 6.07) is 4.30. The fourth-order valence-electron chi connectivity index (χ4n) is 4.19. The first-order valence-electron chi connectivity index (χ1n) is 10.6. The zero-order valence-corrected chi connectivity index (χ0v) is 20.7. The third-order valence-electron chi connectivity index (χ3n) is 5.88. The van der Waals surface area contributed by atoms with E-state index in [1.165, 1.54) is 18.2 Å². The minimum Gasteiger partial charge on any atom is -0.365 e. The molecule has 2 aromatic carbocycles. The highest BCUT2D eigenvalue weighted by Crippen LogP contribution is 2.42. The van der Waals surface area contributed by atoms with Gasteiger partial charge in [0.05, 0.1) is 15.2 Å². The molecule has 1 aliphatic rings. The lowest BCUT2D eigenvalue weighted by Crippen LogP contribution is -2.48. The number of aromatic nitrogens is 3. The molecule has 1 aliphatic heterocycles. The fourth-order valence-corrected chi connectivity index (χ4v) is 5.50. The van der Waals surface area contributed by atoms with Crippen LogP contribution in [0.25, 0.3) is 32.2 Å². The van der Waals surface area contributed by atoms with E-state index in [9.17, 15) is 9.18 Å². The van der Waals surface area contributed by atoms with E-state index in [1.54, 1.807) is 18.0 Å². The molecule has 1 amide bonds. The molecule has 0 radical (unpaired) electrons. The van der Waals surface area contributed by atoms with Crippen LogP contribution >= 0.6 is 34.5 Å². The Morgan fingerprint density at radius 1 is 1.14 bits per heavy atom. The summed E-state index contributed by atoms with van der Waals surface area (Å²) in [5.74, 6) is -0.885. The third kappa shape index (κ3) is 4.05. The van der Waals surface area contributed by atoms with E-state index in [4.69, 9.17) is 23.2 Å². The first-order valence-corrected chi connectivity index (χ1v) is 12.2. The number of rotatable bonds is 4. The summed E-state index contributed by atoms with van der Waals surface area (Å²) in [6.07, 6.45) is 1.28. The van der Waals surface area contributed by atoms with Gasteiger partial charge in [0.2, 0.25) is 11.2 Å². The number of hydrogen-bond donors (Lipinski definition) is 1. The van der Waals surface area contributed by atoms with Crippen LogP contribution in [-0.2, 0) is 4.79 Å². The van der Waals surface area contributed by atoms with Gasteiger partial charge in [0, 0.05) is 49.7 Å². The maximum atomic E-state index is 16.0. The largest absolute Gasteiger partial charge is 0.365 e. The molecule has 35 heavy (non-hydrogen) atoms. The van der Waals surface area contributed by atoms with Crippen LogP contribution in [0.1, 0.15) is 0 Å². The standard InChI is InChI=1S/C23H18Cl2F2N6OS/c1-3-15(34)32-6-8-33(9-7-32)21-12-10-13(24)16(17(27)18(12)29-22(25)31-21)11-4-5-14(26)20-19(11)30-23(28-2)35-20/h3-5,10H,1,6-9H2,2H3,(H,28,30). The van der Waals surface area contributed by atoms with Gasteiger partial charge in [-0.15, -0.1) is 0 Å². The van der Waals surface area contributed by atoms with Crippen molar-refractivity contribution in [2.24, 2.45) is 0 Å². The van der Waals surface area contributed by atoms with Gasteiger partial charge in [-0.3, -0.25) is 4.79 Å². The van der Waals surface area contributed by atoms with Gasteiger partial charge in [-0.2, -0.15) is 4.98 Å². The molecule has 1 saturated heterocycles. The zero-order chi connectivity index (χ0) is 24.9.